The molecule has 17 nitrogen and oxygen atoms in total. The van der Waals surface area contributed by atoms with E-state index in [1.807, 2.05) is 0 Å². The Kier molecular flexibility index (Phi) is 75.0. The van der Waals surface area contributed by atoms with Crippen molar-refractivity contribution in [2.24, 2.45) is 11.8 Å². The van der Waals surface area contributed by atoms with Gasteiger partial charge in [-0.1, -0.05) is 401 Å². The number of aliphatic hydroxyl groups is 1. The number of ether oxygens (including phenoxy) is 4. The van der Waals surface area contributed by atoms with E-state index in [1.54, 1.807) is 0 Å². The topological polar surface area (TPSA) is 237 Å². The first-order valence-electron chi connectivity index (χ1n) is 44.0. The molecule has 0 saturated heterocycles. The quantitative estimate of drug-likeness (QED) is 0.0222. The summed E-state index contributed by atoms with van der Waals surface area (Å²) in [7, 11) is -9.92. The number of phosphoric ester groups is 2. The number of esters is 4. The fraction of sp³-hybridized carbons (Fsp3) is 0.953. The van der Waals surface area contributed by atoms with Crippen LogP contribution < -0.4 is 0 Å². The van der Waals surface area contributed by atoms with Gasteiger partial charge >= 0.3 is 39.5 Å². The van der Waals surface area contributed by atoms with E-state index in [9.17, 15) is 43.2 Å². The summed E-state index contributed by atoms with van der Waals surface area (Å²) < 4.78 is 68.7. The molecule has 0 heterocycles. The van der Waals surface area contributed by atoms with Crippen molar-refractivity contribution in [1.29, 1.82) is 0 Å². The first-order chi connectivity index (χ1) is 50.4. The van der Waals surface area contributed by atoms with Crippen LogP contribution >= 0.6 is 15.6 Å². The number of carbonyl (C=O) groups excluding carboxylic acids is 4. The maximum absolute atomic E-state index is 13.1. The predicted octanol–water partition coefficient (Wildman–Crippen LogP) is 25.8. The Labute approximate surface area is 638 Å². The van der Waals surface area contributed by atoms with Crippen molar-refractivity contribution in [3.8, 4) is 0 Å². The van der Waals surface area contributed by atoms with Crippen molar-refractivity contribution in [3.05, 3.63) is 0 Å². The normalized spacial score (nSPS) is 13.8. The molecule has 0 aliphatic carbocycles. The molecule has 0 spiro atoms. The number of phosphoric acid groups is 2. The van der Waals surface area contributed by atoms with Crippen molar-refractivity contribution < 1.29 is 80.2 Å². The summed E-state index contributed by atoms with van der Waals surface area (Å²) in [6.45, 7) is 9.65. The highest BCUT2D eigenvalue weighted by Gasteiger charge is 2.30. The van der Waals surface area contributed by atoms with Crippen molar-refractivity contribution in [1.82, 2.24) is 0 Å². The molecular formula is C85H166O17P2. The fourth-order valence-corrected chi connectivity index (χ4v) is 14.8. The fourth-order valence-electron chi connectivity index (χ4n) is 13.2. The SMILES string of the molecule is CCCCCCCCCCCCCCCCCCCCCCCCC(=O)O[C@H](COC(=O)CCCCCCCCCCCCCCCCCCCCC(C)C)COP(=O)(O)OC[C@@H](O)COP(=O)(O)OC[C@@H](COC(=O)CCCCCCCCCC)OC(=O)CCCCCCCCCCCCC(C)C. The highest BCUT2D eigenvalue weighted by Crippen LogP contribution is 2.45. The third-order valence-corrected chi connectivity index (χ3v) is 21.9. The van der Waals surface area contributed by atoms with Gasteiger partial charge in [0.15, 0.2) is 12.2 Å². The molecule has 0 aromatic rings. The van der Waals surface area contributed by atoms with E-state index in [2.05, 4.69) is 41.5 Å². The first kappa shape index (κ1) is 102. The highest BCUT2D eigenvalue weighted by molar-refractivity contribution is 7.47. The number of aliphatic hydroxyl groups excluding tert-OH is 1. The zero-order chi connectivity index (χ0) is 76.4. The molecule has 5 atom stereocenters. The summed E-state index contributed by atoms with van der Waals surface area (Å²) >= 11 is 0. The van der Waals surface area contributed by atoms with Gasteiger partial charge in [-0.3, -0.25) is 37.3 Å². The summed E-state index contributed by atoms with van der Waals surface area (Å²) in [6, 6.07) is 0. The van der Waals surface area contributed by atoms with E-state index in [1.165, 1.54) is 263 Å². The van der Waals surface area contributed by atoms with Crippen LogP contribution in [-0.2, 0) is 65.4 Å². The van der Waals surface area contributed by atoms with Crippen molar-refractivity contribution in [2.75, 3.05) is 39.6 Å². The van der Waals surface area contributed by atoms with Gasteiger partial charge in [-0.15, -0.1) is 0 Å². The molecule has 3 N–H and O–H groups in total. The van der Waals surface area contributed by atoms with Crippen molar-refractivity contribution in [3.63, 3.8) is 0 Å². The van der Waals surface area contributed by atoms with Gasteiger partial charge in [0.25, 0.3) is 0 Å². The Balaban J connectivity index is 5.16. The van der Waals surface area contributed by atoms with Gasteiger partial charge in [-0.05, 0) is 37.5 Å². The molecule has 0 aromatic heterocycles. The molecule has 0 radical (unpaired) electrons. The number of hydrogen-bond acceptors (Lipinski definition) is 15. The van der Waals surface area contributed by atoms with E-state index in [4.69, 9.17) is 37.0 Å². The lowest BCUT2D eigenvalue weighted by atomic mass is 10.0. The molecule has 0 aromatic carbocycles. The molecule has 0 fully saturated rings. The van der Waals surface area contributed by atoms with Crippen LogP contribution in [0.2, 0.25) is 0 Å². The van der Waals surface area contributed by atoms with Crippen LogP contribution in [-0.4, -0.2) is 96.7 Å². The standard InChI is InChI=1S/C85H166O17P2/c1-7-9-11-13-15-17-18-19-20-21-22-23-24-25-30-33-36-39-45-51-57-63-69-84(89)102-81(74-96-83(88)68-62-56-50-44-38-35-32-29-27-26-28-31-34-37-42-47-53-59-65-77(3)4)76-100-104(93,94)98-72-79(86)71-97-103(91,92)99-75-80(73-95-82(87)67-61-55-49-16-14-12-10-8-2)101-85(90)70-64-58-52-46-41-40-43-48-54-60-66-78(5)6/h77-81,86H,7-76H2,1-6H3,(H,91,92)(H,93,94)/t79-,80+,81+/m0/s1. The van der Waals surface area contributed by atoms with Crippen LogP contribution in [0.25, 0.3) is 0 Å². The molecule has 19 heteroatoms. The monoisotopic (exact) mass is 1520 g/mol. The van der Waals surface area contributed by atoms with E-state index >= 15 is 0 Å². The lowest BCUT2D eigenvalue weighted by molar-refractivity contribution is -0.161. The lowest BCUT2D eigenvalue weighted by Gasteiger charge is -2.21. The Morgan fingerprint density at radius 3 is 0.654 bits per heavy atom. The second-order valence-corrected chi connectivity index (χ2v) is 34.4. The minimum Gasteiger partial charge on any atom is -0.462 e. The van der Waals surface area contributed by atoms with Crippen LogP contribution in [0.3, 0.4) is 0 Å². The van der Waals surface area contributed by atoms with Crippen LogP contribution in [0.1, 0.15) is 452 Å². The van der Waals surface area contributed by atoms with Crippen LogP contribution in [0.4, 0.5) is 0 Å². The second kappa shape index (κ2) is 76.4. The third kappa shape index (κ3) is 78.2. The van der Waals surface area contributed by atoms with E-state index < -0.39 is 97.5 Å². The second-order valence-electron chi connectivity index (χ2n) is 31.5. The molecule has 0 aliphatic rings. The maximum atomic E-state index is 13.1. The van der Waals surface area contributed by atoms with Gasteiger partial charge in [0, 0.05) is 25.7 Å². The van der Waals surface area contributed by atoms with E-state index in [-0.39, 0.29) is 25.7 Å². The molecule has 0 bridgehead atoms. The predicted molar refractivity (Wildman–Crippen MR) is 428 cm³/mol. The average molecular weight is 1520 g/mol. The molecular weight excluding hydrogens is 1350 g/mol. The van der Waals surface area contributed by atoms with E-state index in [0.29, 0.717) is 25.7 Å². The smallest absolute Gasteiger partial charge is 0.462 e. The molecule has 0 amide bonds. The van der Waals surface area contributed by atoms with Crippen LogP contribution in [0.5, 0.6) is 0 Å². The van der Waals surface area contributed by atoms with Crippen LogP contribution in [0, 0.1) is 11.8 Å². The average Bonchev–Trinajstić information content (AvgIpc) is 0.934. The zero-order valence-electron chi connectivity index (χ0n) is 68.3. The van der Waals surface area contributed by atoms with Gasteiger partial charge in [-0.2, -0.15) is 0 Å². The maximum Gasteiger partial charge on any atom is 0.472 e. The van der Waals surface area contributed by atoms with Crippen molar-refractivity contribution >= 4 is 39.5 Å². The van der Waals surface area contributed by atoms with Gasteiger partial charge in [0.1, 0.15) is 19.3 Å². The Morgan fingerprint density at radius 2 is 0.442 bits per heavy atom. The molecule has 0 aliphatic heterocycles. The minimum absolute atomic E-state index is 0.106. The molecule has 0 saturated carbocycles. The number of carbonyl (C=O) groups is 4. The first-order valence-corrected chi connectivity index (χ1v) is 47.0. The summed E-state index contributed by atoms with van der Waals surface area (Å²) in [5.41, 5.74) is 0. The zero-order valence-corrected chi connectivity index (χ0v) is 70.1. The number of unbranched alkanes of at least 4 members (excludes halogenated alkanes) is 54. The van der Waals surface area contributed by atoms with E-state index in [0.717, 1.165) is 108 Å². The molecule has 104 heavy (non-hydrogen) atoms. The van der Waals surface area contributed by atoms with Crippen molar-refractivity contribution in [2.45, 2.75) is 471 Å². The summed E-state index contributed by atoms with van der Waals surface area (Å²) in [5.74, 6) is -0.533. The number of rotatable bonds is 84. The summed E-state index contributed by atoms with van der Waals surface area (Å²) in [6.07, 6.45) is 68.3. The number of hydrogen-bond donors (Lipinski definition) is 3. The highest BCUT2D eigenvalue weighted by atomic mass is 31.2. The molecule has 0 rings (SSSR count). The molecule has 618 valence electrons. The van der Waals surface area contributed by atoms with Gasteiger partial charge in [-0.25, -0.2) is 9.13 Å². The largest absolute Gasteiger partial charge is 0.472 e. The summed E-state index contributed by atoms with van der Waals surface area (Å²) in [4.78, 5) is 73.0. The van der Waals surface area contributed by atoms with Gasteiger partial charge < -0.3 is 33.8 Å². The third-order valence-electron chi connectivity index (χ3n) is 20.0. The Morgan fingerprint density at radius 1 is 0.260 bits per heavy atom. The Bertz CT molecular complexity index is 1990. The van der Waals surface area contributed by atoms with Crippen LogP contribution in [0.15, 0.2) is 0 Å². The summed E-state index contributed by atoms with van der Waals surface area (Å²) in [5, 5.41) is 10.6. The Hall–Kier alpha value is -1.94. The van der Waals surface area contributed by atoms with Gasteiger partial charge in [0.05, 0.1) is 26.4 Å². The molecule has 2 unspecified atom stereocenters. The lowest BCUT2D eigenvalue weighted by Crippen LogP contribution is -2.30. The minimum atomic E-state index is -4.96. The van der Waals surface area contributed by atoms with Gasteiger partial charge in [0.2, 0.25) is 0 Å².